The van der Waals surface area contributed by atoms with Crippen molar-refractivity contribution >= 4 is 0 Å². The lowest BCUT2D eigenvalue weighted by molar-refractivity contribution is -0.212. The van der Waals surface area contributed by atoms with Gasteiger partial charge in [-0.1, -0.05) is 136 Å². The van der Waals surface area contributed by atoms with E-state index in [9.17, 15) is 26.3 Å². The van der Waals surface area contributed by atoms with E-state index < -0.39 is 106 Å². The highest BCUT2D eigenvalue weighted by Gasteiger charge is 2.48. The van der Waals surface area contributed by atoms with Crippen LogP contribution in [0.15, 0.2) is 121 Å². The lowest BCUT2D eigenvalue weighted by Gasteiger charge is -2.28. The SMILES string of the molecule is CCC1CCC(c2ccc(Cc3ccccc3C(F)(F)c3c(Oc4ccc(CC(OC)C(F)(F)F)c(F)c4C(F)(F)c4ccccc4Cc4ccc(C5CCC(CC)CC5)cc4)ccc(CC(OC)C(F)(F)F)c3F)cc2)CC1. The van der Waals surface area contributed by atoms with E-state index in [4.69, 9.17) is 4.74 Å². The van der Waals surface area contributed by atoms with Crippen LogP contribution in [0.25, 0.3) is 0 Å². The van der Waals surface area contributed by atoms with Crippen LogP contribution in [-0.2, 0) is 47.0 Å². The van der Waals surface area contributed by atoms with E-state index in [-0.39, 0.29) is 24.0 Å². The van der Waals surface area contributed by atoms with Gasteiger partial charge in [0.25, 0.3) is 0 Å². The van der Waals surface area contributed by atoms with Gasteiger partial charge in [0.1, 0.15) is 34.3 Å². The molecule has 2 aliphatic rings. The van der Waals surface area contributed by atoms with Gasteiger partial charge in [-0.3, -0.25) is 0 Å². The minimum Gasteiger partial charge on any atom is -0.456 e. The Morgan fingerprint density at radius 1 is 0.430 bits per heavy atom. The molecule has 3 nitrogen and oxygen atoms in total. The summed E-state index contributed by atoms with van der Waals surface area (Å²) >= 11 is 0. The number of ether oxygens (including phenoxy) is 3. The van der Waals surface area contributed by atoms with Crippen LogP contribution in [0.3, 0.4) is 0 Å². The second-order valence-electron chi connectivity index (χ2n) is 21.4. The second kappa shape index (κ2) is 24.9. The zero-order valence-electron chi connectivity index (χ0n) is 44.7. The van der Waals surface area contributed by atoms with Crippen molar-refractivity contribution in [2.75, 3.05) is 14.2 Å². The van der Waals surface area contributed by atoms with Gasteiger partial charge in [-0.15, -0.1) is 0 Å². The highest BCUT2D eigenvalue weighted by molar-refractivity contribution is 5.55. The van der Waals surface area contributed by atoms with Crippen LogP contribution in [0.2, 0.25) is 0 Å². The molecular weight excluding hydrogens is 1040 g/mol. The Labute approximate surface area is 454 Å². The summed E-state index contributed by atoms with van der Waals surface area (Å²) in [5, 5.41) is 0. The van der Waals surface area contributed by atoms with Crippen molar-refractivity contribution in [1.29, 1.82) is 0 Å². The Kier molecular flexibility index (Phi) is 18.7. The van der Waals surface area contributed by atoms with Crippen LogP contribution in [-0.4, -0.2) is 38.8 Å². The highest BCUT2D eigenvalue weighted by atomic mass is 19.4. The van der Waals surface area contributed by atoms with Gasteiger partial charge in [0.05, 0.1) is 0 Å². The van der Waals surface area contributed by atoms with Crippen LogP contribution in [0, 0.1) is 23.5 Å². The number of rotatable bonds is 20. The largest absolute Gasteiger partial charge is 0.456 e. The van der Waals surface area contributed by atoms with E-state index in [2.05, 4.69) is 23.3 Å². The molecule has 2 aliphatic carbocycles. The zero-order valence-corrected chi connectivity index (χ0v) is 44.7. The molecule has 2 unspecified atom stereocenters. The van der Waals surface area contributed by atoms with E-state index in [1.165, 1.54) is 36.4 Å². The number of hydrogen-bond acceptors (Lipinski definition) is 3. The van der Waals surface area contributed by atoms with E-state index in [1.807, 2.05) is 48.5 Å². The summed E-state index contributed by atoms with van der Waals surface area (Å²) in [7, 11) is 1.42. The fraction of sp³-hybridized carbons (Fsp3) is 0.438. The van der Waals surface area contributed by atoms with Crippen molar-refractivity contribution in [2.24, 2.45) is 11.8 Å². The summed E-state index contributed by atoms with van der Waals surface area (Å²) in [4.78, 5) is 0. The van der Waals surface area contributed by atoms with Gasteiger partial charge in [-0.05, 0) is 145 Å². The minimum absolute atomic E-state index is 0.0187. The standard InChI is InChI=1S/C64H66F12O3/c1-5-39-15-23-43(24-16-39)45-27-19-41(20-28-45)35-47-11-7-9-13-51(47)61(67,68)57-53(33-31-49(59(57)65)37-55(77-3)63(71,72)73)79-54-34-32-50(38-56(78-4)64(74,75)76)60(66)58(54)62(69,70)52-14-10-8-12-48(52)36-42-21-29-46(30-22-42)44-25-17-40(6-2)18-26-44/h7-14,19-22,27-34,39-40,43-44,55-56H,5-6,15-18,23-26,35-38H2,1-4H3. The van der Waals surface area contributed by atoms with Crippen LogP contribution in [0.4, 0.5) is 52.7 Å². The Bertz CT molecular complexity index is 2770. The first-order chi connectivity index (χ1) is 37.6. The van der Waals surface area contributed by atoms with Crippen LogP contribution in [0.1, 0.15) is 157 Å². The van der Waals surface area contributed by atoms with Gasteiger partial charge in [0, 0.05) is 38.2 Å². The number of alkyl halides is 10. The Hall–Kier alpha value is -5.80. The molecule has 2 saturated carbocycles. The Morgan fingerprint density at radius 3 is 1.09 bits per heavy atom. The molecule has 6 aromatic carbocycles. The smallest absolute Gasteiger partial charge is 0.414 e. The highest BCUT2D eigenvalue weighted by Crippen LogP contribution is 2.51. The molecule has 0 amide bonds. The molecule has 79 heavy (non-hydrogen) atoms. The molecule has 2 atom stereocenters. The Balaban J connectivity index is 1.21. The zero-order chi connectivity index (χ0) is 56.9. The molecule has 6 aromatic rings. The van der Waals surface area contributed by atoms with Crippen LogP contribution < -0.4 is 4.74 Å². The number of halogens is 12. The second-order valence-corrected chi connectivity index (χ2v) is 21.4. The molecule has 8 rings (SSSR count). The molecule has 0 aliphatic heterocycles. The maximum atomic E-state index is 17.8. The van der Waals surface area contributed by atoms with Crippen molar-refractivity contribution < 1.29 is 66.9 Å². The molecule has 0 heterocycles. The van der Waals surface area contributed by atoms with Crippen molar-refractivity contribution in [2.45, 2.75) is 152 Å². The average molecular weight is 1110 g/mol. The van der Waals surface area contributed by atoms with E-state index in [1.54, 1.807) is 0 Å². The third kappa shape index (κ3) is 13.5. The lowest BCUT2D eigenvalue weighted by atomic mass is 9.77. The van der Waals surface area contributed by atoms with E-state index in [0.29, 0.717) is 73.3 Å². The number of methoxy groups -OCH3 is 2. The van der Waals surface area contributed by atoms with E-state index in [0.717, 1.165) is 87.5 Å². The molecule has 0 radical (unpaired) electrons. The van der Waals surface area contributed by atoms with Crippen molar-refractivity contribution in [3.63, 3.8) is 0 Å². The van der Waals surface area contributed by atoms with Gasteiger partial charge < -0.3 is 14.2 Å². The van der Waals surface area contributed by atoms with Gasteiger partial charge >= 0.3 is 24.2 Å². The Morgan fingerprint density at radius 2 is 0.772 bits per heavy atom. The topological polar surface area (TPSA) is 27.7 Å². The molecule has 0 spiro atoms. The predicted molar refractivity (Wildman–Crippen MR) is 281 cm³/mol. The molecule has 0 saturated heterocycles. The summed E-state index contributed by atoms with van der Waals surface area (Å²) in [6.07, 6.45) is -7.67. The third-order valence-electron chi connectivity index (χ3n) is 16.6. The van der Waals surface area contributed by atoms with Gasteiger partial charge in [-0.2, -0.15) is 43.9 Å². The summed E-state index contributed by atoms with van der Waals surface area (Å²) in [6.45, 7) is 4.35. The van der Waals surface area contributed by atoms with Gasteiger partial charge in [-0.25, -0.2) is 8.78 Å². The van der Waals surface area contributed by atoms with Gasteiger partial charge in [0.15, 0.2) is 12.2 Å². The molecule has 2 fully saturated rings. The van der Waals surface area contributed by atoms with Crippen LogP contribution >= 0.6 is 0 Å². The maximum Gasteiger partial charge on any atom is 0.414 e. The third-order valence-corrected chi connectivity index (χ3v) is 16.6. The van der Waals surface area contributed by atoms with Crippen LogP contribution in [0.5, 0.6) is 11.5 Å². The first-order valence-electron chi connectivity index (χ1n) is 27.2. The normalized spacial score (nSPS) is 19.3. The van der Waals surface area contributed by atoms with Crippen molar-refractivity contribution in [1.82, 2.24) is 0 Å². The van der Waals surface area contributed by atoms with Crippen molar-refractivity contribution in [3.8, 4) is 11.5 Å². The predicted octanol–water partition coefficient (Wildman–Crippen LogP) is 18.8. The molecule has 424 valence electrons. The molecule has 15 heteroatoms. The summed E-state index contributed by atoms with van der Waals surface area (Å²) in [6, 6.07) is 28.0. The quantitative estimate of drug-likeness (QED) is 0.0713. The molecule has 0 aromatic heterocycles. The van der Waals surface area contributed by atoms with E-state index >= 15 is 26.3 Å². The lowest BCUT2D eigenvalue weighted by Crippen LogP contribution is -2.33. The first-order valence-corrected chi connectivity index (χ1v) is 27.2. The molecular formula is C64H66F12O3. The average Bonchev–Trinajstić information content (AvgIpc) is 3.49. The summed E-state index contributed by atoms with van der Waals surface area (Å²) in [5.74, 6) is -13.1. The molecule has 0 bridgehead atoms. The fourth-order valence-corrected chi connectivity index (χ4v) is 11.8. The van der Waals surface area contributed by atoms with Crippen molar-refractivity contribution in [3.05, 3.63) is 200 Å². The summed E-state index contributed by atoms with van der Waals surface area (Å²) < 4.78 is 206. The molecule has 0 N–H and O–H groups in total. The van der Waals surface area contributed by atoms with Gasteiger partial charge in [0.2, 0.25) is 0 Å². The maximum absolute atomic E-state index is 17.8. The first kappa shape index (κ1) is 59.3. The number of hydrogen-bond donors (Lipinski definition) is 0. The minimum atomic E-state index is -5.09. The fourth-order valence-electron chi connectivity index (χ4n) is 11.8. The number of benzene rings is 6. The summed E-state index contributed by atoms with van der Waals surface area (Å²) in [5.41, 5.74) is -3.33. The monoisotopic (exact) mass is 1110 g/mol.